The normalized spacial score (nSPS) is 13.2. The average Bonchev–Trinajstić information content (AvgIpc) is 2.51. The van der Waals surface area contributed by atoms with Gasteiger partial charge in [0, 0.05) is 12.1 Å². The first-order chi connectivity index (χ1) is 10.5. The van der Waals surface area contributed by atoms with Gasteiger partial charge in [0.05, 0.1) is 11.0 Å². The van der Waals surface area contributed by atoms with Gasteiger partial charge in [-0.05, 0) is 56.9 Å². The van der Waals surface area contributed by atoms with E-state index in [0.29, 0.717) is 0 Å². The first-order valence-electron chi connectivity index (χ1n) is 7.09. The fourth-order valence-electron chi connectivity index (χ4n) is 3.19. The molecule has 0 aromatic heterocycles. The van der Waals surface area contributed by atoms with Crippen molar-refractivity contribution in [2.75, 3.05) is 0 Å². The quantitative estimate of drug-likeness (QED) is 0.335. The summed E-state index contributed by atoms with van der Waals surface area (Å²) in [6.45, 7) is 1.75. The number of nitrogens with zero attached hydrogens (tertiary/aromatic N) is 1. The highest BCUT2D eigenvalue weighted by atomic mass is 16.6. The molecule has 22 heavy (non-hydrogen) atoms. The van der Waals surface area contributed by atoms with Crippen molar-refractivity contribution in [3.05, 3.63) is 64.2 Å². The lowest BCUT2D eigenvalue weighted by atomic mass is 9.92. The summed E-state index contributed by atoms with van der Waals surface area (Å²) in [7, 11) is 0. The number of aliphatic hydroxyl groups excluding tert-OH is 1. The molecular formula is C18H13NO3. The third-order valence-electron chi connectivity index (χ3n) is 4.23. The topological polar surface area (TPSA) is 63.4 Å². The van der Waals surface area contributed by atoms with Gasteiger partial charge in [0.25, 0.3) is 5.69 Å². The number of rotatable bonds is 2. The lowest BCUT2D eigenvalue weighted by Crippen LogP contribution is -1.93. The third kappa shape index (κ3) is 1.74. The zero-order valence-corrected chi connectivity index (χ0v) is 11.9. The number of nitro benzene ring substituents is 1. The minimum absolute atomic E-state index is 0.107. The van der Waals surface area contributed by atoms with Crippen molar-refractivity contribution in [2.24, 2.45) is 0 Å². The highest BCUT2D eigenvalue weighted by Crippen LogP contribution is 2.37. The molecular weight excluding hydrogens is 278 g/mol. The molecule has 0 fully saturated rings. The molecule has 0 aliphatic carbocycles. The van der Waals surface area contributed by atoms with Crippen LogP contribution < -0.4 is 0 Å². The maximum absolute atomic E-state index is 11.1. The van der Waals surface area contributed by atoms with E-state index < -0.39 is 6.10 Å². The zero-order valence-electron chi connectivity index (χ0n) is 11.9. The lowest BCUT2D eigenvalue weighted by Gasteiger charge is -2.13. The van der Waals surface area contributed by atoms with Crippen molar-refractivity contribution in [1.82, 2.24) is 0 Å². The van der Waals surface area contributed by atoms with Crippen molar-refractivity contribution in [3.8, 4) is 0 Å². The molecule has 0 aliphatic heterocycles. The Morgan fingerprint density at radius 3 is 1.68 bits per heavy atom. The molecule has 1 unspecified atom stereocenters. The van der Waals surface area contributed by atoms with Gasteiger partial charge >= 0.3 is 0 Å². The summed E-state index contributed by atoms with van der Waals surface area (Å²) in [4.78, 5) is 10.7. The van der Waals surface area contributed by atoms with E-state index in [-0.39, 0.29) is 10.6 Å². The van der Waals surface area contributed by atoms with Crippen LogP contribution in [0.2, 0.25) is 0 Å². The van der Waals surface area contributed by atoms with E-state index in [1.54, 1.807) is 19.1 Å². The van der Waals surface area contributed by atoms with Crippen LogP contribution in [0.5, 0.6) is 0 Å². The Bertz CT molecular complexity index is 970. The number of hydrogen-bond donors (Lipinski definition) is 1. The SMILES string of the molecule is CC(O)c1cc2ccc3cc([N+](=O)[O-])cc4ccc(c1)c2c34. The minimum atomic E-state index is -0.525. The molecule has 1 N–H and O–H groups in total. The van der Waals surface area contributed by atoms with E-state index in [1.807, 2.05) is 36.4 Å². The number of non-ortho nitro benzene ring substituents is 1. The molecule has 108 valence electrons. The Morgan fingerprint density at radius 1 is 0.909 bits per heavy atom. The molecule has 0 amide bonds. The van der Waals surface area contributed by atoms with Gasteiger partial charge in [0.2, 0.25) is 0 Å². The van der Waals surface area contributed by atoms with Crippen LogP contribution in [0.15, 0.2) is 48.5 Å². The van der Waals surface area contributed by atoms with Crippen LogP contribution in [0.4, 0.5) is 5.69 Å². The van der Waals surface area contributed by atoms with E-state index in [2.05, 4.69) is 0 Å². The van der Waals surface area contributed by atoms with Crippen LogP contribution in [0.1, 0.15) is 18.6 Å². The molecule has 4 heteroatoms. The van der Waals surface area contributed by atoms with Crippen LogP contribution in [0.25, 0.3) is 32.3 Å². The molecule has 4 nitrogen and oxygen atoms in total. The van der Waals surface area contributed by atoms with Gasteiger partial charge in [0.1, 0.15) is 0 Å². The predicted octanol–water partition coefficient (Wildman–Crippen LogP) is 4.55. The molecule has 0 heterocycles. The Morgan fingerprint density at radius 2 is 1.32 bits per heavy atom. The molecule has 0 spiro atoms. The molecule has 0 bridgehead atoms. The number of benzene rings is 4. The largest absolute Gasteiger partial charge is 0.389 e. The highest BCUT2D eigenvalue weighted by molar-refractivity contribution is 6.23. The first-order valence-corrected chi connectivity index (χ1v) is 7.09. The fourth-order valence-corrected chi connectivity index (χ4v) is 3.19. The number of aliphatic hydroxyl groups is 1. The Labute approximate surface area is 126 Å². The molecule has 0 aliphatic rings. The maximum Gasteiger partial charge on any atom is 0.270 e. The van der Waals surface area contributed by atoms with E-state index in [9.17, 15) is 15.2 Å². The molecule has 4 rings (SSSR count). The van der Waals surface area contributed by atoms with Gasteiger partial charge in [-0.25, -0.2) is 0 Å². The van der Waals surface area contributed by atoms with Crippen LogP contribution in [-0.2, 0) is 0 Å². The van der Waals surface area contributed by atoms with Crippen molar-refractivity contribution in [3.63, 3.8) is 0 Å². The van der Waals surface area contributed by atoms with Crippen molar-refractivity contribution in [1.29, 1.82) is 0 Å². The van der Waals surface area contributed by atoms with Gasteiger partial charge in [-0.15, -0.1) is 0 Å². The Kier molecular flexibility index (Phi) is 2.59. The summed E-state index contributed by atoms with van der Waals surface area (Å²) in [6.07, 6.45) is -0.525. The Balaban J connectivity index is 2.19. The van der Waals surface area contributed by atoms with E-state index in [1.165, 1.54) is 0 Å². The van der Waals surface area contributed by atoms with E-state index in [4.69, 9.17) is 0 Å². The second kappa shape index (κ2) is 4.39. The number of nitro groups is 1. The summed E-state index contributed by atoms with van der Waals surface area (Å²) in [5.74, 6) is 0. The molecule has 4 aromatic rings. The third-order valence-corrected chi connectivity index (χ3v) is 4.23. The summed E-state index contributed by atoms with van der Waals surface area (Å²) in [5, 5.41) is 26.8. The van der Waals surface area contributed by atoms with Crippen LogP contribution in [-0.4, -0.2) is 10.0 Å². The van der Waals surface area contributed by atoms with Crippen molar-refractivity contribution < 1.29 is 10.0 Å². The van der Waals surface area contributed by atoms with Gasteiger partial charge < -0.3 is 5.11 Å². The molecule has 0 radical (unpaired) electrons. The summed E-state index contributed by atoms with van der Waals surface area (Å²) < 4.78 is 0. The monoisotopic (exact) mass is 291 g/mol. The van der Waals surface area contributed by atoms with Gasteiger partial charge in [-0.3, -0.25) is 10.1 Å². The fraction of sp³-hybridized carbons (Fsp3) is 0.111. The predicted molar refractivity (Wildman–Crippen MR) is 87.4 cm³/mol. The van der Waals surface area contributed by atoms with Crippen molar-refractivity contribution in [2.45, 2.75) is 13.0 Å². The van der Waals surface area contributed by atoms with Crippen LogP contribution >= 0.6 is 0 Å². The minimum Gasteiger partial charge on any atom is -0.389 e. The van der Waals surface area contributed by atoms with Gasteiger partial charge in [0.15, 0.2) is 0 Å². The maximum atomic E-state index is 11.1. The molecule has 0 saturated heterocycles. The summed E-state index contributed by atoms with van der Waals surface area (Å²) >= 11 is 0. The summed E-state index contributed by atoms with van der Waals surface area (Å²) in [6, 6.07) is 14.9. The van der Waals surface area contributed by atoms with Crippen molar-refractivity contribution >= 4 is 38.0 Å². The molecule has 1 atom stereocenters. The molecule has 0 saturated carbocycles. The standard InChI is InChI=1S/C18H13NO3/c1-10(20)15-6-11-2-4-13-8-16(19(21)22)9-14-5-3-12(7-15)17(11)18(13)14/h2-10,20H,1H3. The second-order valence-corrected chi connectivity index (χ2v) is 5.67. The highest BCUT2D eigenvalue weighted by Gasteiger charge is 2.14. The van der Waals surface area contributed by atoms with Gasteiger partial charge in [-0.1, -0.05) is 24.3 Å². The summed E-state index contributed by atoms with van der Waals surface area (Å²) in [5.41, 5.74) is 0.979. The lowest BCUT2D eigenvalue weighted by molar-refractivity contribution is -0.384. The van der Waals surface area contributed by atoms with Crippen LogP contribution in [0.3, 0.4) is 0 Å². The molecule has 4 aromatic carbocycles. The first kappa shape index (κ1) is 13.0. The van der Waals surface area contributed by atoms with E-state index in [0.717, 1.165) is 37.9 Å². The second-order valence-electron chi connectivity index (χ2n) is 5.67. The van der Waals surface area contributed by atoms with E-state index >= 15 is 0 Å². The zero-order chi connectivity index (χ0) is 15.4. The Hall–Kier alpha value is -2.72. The van der Waals surface area contributed by atoms with Crippen LogP contribution in [0, 0.1) is 10.1 Å². The smallest absolute Gasteiger partial charge is 0.270 e. The van der Waals surface area contributed by atoms with Gasteiger partial charge in [-0.2, -0.15) is 0 Å². The average molecular weight is 291 g/mol. The number of hydrogen-bond acceptors (Lipinski definition) is 3.